The van der Waals surface area contributed by atoms with E-state index in [-0.39, 0.29) is 35.9 Å². The molecular formula is C20H19F3N4O3S. The van der Waals surface area contributed by atoms with Crippen molar-refractivity contribution in [2.45, 2.75) is 49.2 Å². The van der Waals surface area contributed by atoms with E-state index in [0.717, 1.165) is 42.8 Å². The molecule has 3 aliphatic rings. The first kappa shape index (κ1) is 20.3. The minimum Gasteiger partial charge on any atom is -0.471 e. The largest absolute Gasteiger partial charge is 0.471 e. The number of pyridine rings is 1. The lowest BCUT2D eigenvalue weighted by atomic mass is 10.1. The SMILES string of the molecule is O=C(CC1CSc2nc3c(c(=O)n21)CCC3)N1CC(Oc2ccc(C(F)(F)F)cn2)C1. The fourth-order valence-corrected chi connectivity index (χ4v) is 5.29. The molecule has 5 rings (SSSR count). The Balaban J connectivity index is 1.17. The maximum absolute atomic E-state index is 12.8. The van der Waals surface area contributed by atoms with Crippen molar-refractivity contribution in [3.8, 4) is 5.88 Å². The number of aromatic nitrogens is 3. The van der Waals surface area contributed by atoms with Crippen molar-refractivity contribution in [2.24, 2.45) is 0 Å². The molecule has 164 valence electrons. The predicted molar refractivity (Wildman–Crippen MR) is 105 cm³/mol. The summed E-state index contributed by atoms with van der Waals surface area (Å²) in [6.45, 7) is 0.678. The normalized spacial score (nSPS) is 20.4. The standard InChI is InChI=1S/C20H19F3N4O3S/c21-20(22,23)11-4-5-16(24-7-11)30-13-8-26(9-13)17(28)6-12-10-31-19-25-15-3-1-2-14(15)18(29)27(12)19/h4-5,7,12-13H,1-3,6,8-10H2. The zero-order chi connectivity index (χ0) is 21.8. The summed E-state index contributed by atoms with van der Waals surface area (Å²) < 4.78 is 45.0. The van der Waals surface area contributed by atoms with Crippen molar-refractivity contribution in [3.63, 3.8) is 0 Å². The van der Waals surface area contributed by atoms with Crippen LogP contribution in [0.4, 0.5) is 13.2 Å². The number of nitrogens with zero attached hydrogens (tertiary/aromatic N) is 4. The number of aryl methyl sites for hydroxylation is 1. The van der Waals surface area contributed by atoms with E-state index in [9.17, 15) is 22.8 Å². The first-order valence-corrected chi connectivity index (χ1v) is 11.0. The van der Waals surface area contributed by atoms with E-state index in [2.05, 4.69) is 9.97 Å². The van der Waals surface area contributed by atoms with Crippen LogP contribution in [-0.4, -0.2) is 50.3 Å². The Morgan fingerprint density at radius 1 is 1.26 bits per heavy atom. The zero-order valence-electron chi connectivity index (χ0n) is 16.4. The Labute approximate surface area is 179 Å². The van der Waals surface area contributed by atoms with Gasteiger partial charge in [0.25, 0.3) is 5.56 Å². The smallest absolute Gasteiger partial charge is 0.417 e. The quantitative estimate of drug-likeness (QED) is 0.664. The van der Waals surface area contributed by atoms with Crippen molar-refractivity contribution in [1.29, 1.82) is 0 Å². The van der Waals surface area contributed by atoms with E-state index in [0.29, 0.717) is 24.0 Å². The van der Waals surface area contributed by atoms with Gasteiger partial charge >= 0.3 is 6.18 Å². The Kier molecular flexibility index (Phi) is 4.95. The molecule has 1 unspecified atom stereocenters. The molecule has 0 bridgehead atoms. The van der Waals surface area contributed by atoms with Crippen molar-refractivity contribution >= 4 is 17.7 Å². The molecule has 0 N–H and O–H groups in total. The molecule has 0 spiro atoms. The van der Waals surface area contributed by atoms with Crippen LogP contribution in [0.2, 0.25) is 0 Å². The number of ether oxygens (including phenoxy) is 1. The van der Waals surface area contributed by atoms with Crippen LogP contribution >= 0.6 is 11.8 Å². The van der Waals surface area contributed by atoms with E-state index in [1.807, 2.05) is 0 Å². The van der Waals surface area contributed by atoms with E-state index in [1.165, 1.54) is 17.8 Å². The van der Waals surface area contributed by atoms with Gasteiger partial charge in [-0.05, 0) is 25.3 Å². The second-order valence-electron chi connectivity index (χ2n) is 7.94. The van der Waals surface area contributed by atoms with Gasteiger partial charge in [0.2, 0.25) is 11.8 Å². The third kappa shape index (κ3) is 3.79. The summed E-state index contributed by atoms with van der Waals surface area (Å²) in [7, 11) is 0. The number of rotatable bonds is 4. The Bertz CT molecular complexity index is 1080. The molecule has 1 atom stereocenters. The minimum absolute atomic E-state index is 0.0153. The summed E-state index contributed by atoms with van der Waals surface area (Å²) in [6.07, 6.45) is -1.29. The third-order valence-electron chi connectivity index (χ3n) is 5.83. The third-order valence-corrected chi connectivity index (χ3v) is 6.93. The molecule has 31 heavy (non-hydrogen) atoms. The van der Waals surface area contributed by atoms with Gasteiger partial charge in [-0.1, -0.05) is 11.8 Å². The van der Waals surface area contributed by atoms with Crippen LogP contribution in [0.5, 0.6) is 5.88 Å². The second-order valence-corrected chi connectivity index (χ2v) is 8.93. The number of halogens is 3. The molecule has 7 nitrogen and oxygen atoms in total. The van der Waals surface area contributed by atoms with Crippen molar-refractivity contribution in [2.75, 3.05) is 18.8 Å². The molecule has 11 heteroatoms. The first-order chi connectivity index (χ1) is 14.8. The summed E-state index contributed by atoms with van der Waals surface area (Å²) in [5.41, 5.74) is 0.828. The lowest BCUT2D eigenvalue weighted by Crippen LogP contribution is -2.56. The molecule has 2 aromatic rings. The van der Waals surface area contributed by atoms with Crippen LogP contribution in [0.25, 0.3) is 0 Å². The van der Waals surface area contributed by atoms with Crippen molar-refractivity contribution in [1.82, 2.24) is 19.4 Å². The molecule has 2 aliphatic heterocycles. The average molecular weight is 452 g/mol. The Morgan fingerprint density at radius 2 is 2.06 bits per heavy atom. The van der Waals surface area contributed by atoms with Crippen LogP contribution < -0.4 is 10.3 Å². The van der Waals surface area contributed by atoms with E-state index < -0.39 is 11.7 Å². The van der Waals surface area contributed by atoms with Crippen LogP contribution in [0.1, 0.15) is 35.7 Å². The van der Waals surface area contributed by atoms with Crippen molar-refractivity contribution in [3.05, 3.63) is 45.5 Å². The van der Waals surface area contributed by atoms with Gasteiger partial charge in [-0.15, -0.1) is 0 Å². The van der Waals surface area contributed by atoms with Crippen LogP contribution in [-0.2, 0) is 23.8 Å². The number of carbonyl (C=O) groups is 1. The Hall–Kier alpha value is -2.56. The van der Waals surface area contributed by atoms with Gasteiger partial charge < -0.3 is 9.64 Å². The van der Waals surface area contributed by atoms with Crippen LogP contribution in [0.3, 0.4) is 0 Å². The Morgan fingerprint density at radius 3 is 2.77 bits per heavy atom. The predicted octanol–water partition coefficient (Wildman–Crippen LogP) is 2.47. The monoisotopic (exact) mass is 452 g/mol. The molecule has 1 fully saturated rings. The highest BCUT2D eigenvalue weighted by Crippen LogP contribution is 2.35. The van der Waals surface area contributed by atoms with Crippen molar-refractivity contribution < 1.29 is 22.7 Å². The lowest BCUT2D eigenvalue weighted by Gasteiger charge is -2.39. The number of carbonyl (C=O) groups excluding carboxylic acids is 1. The maximum Gasteiger partial charge on any atom is 0.417 e. The lowest BCUT2D eigenvalue weighted by molar-refractivity contribution is -0.141. The summed E-state index contributed by atoms with van der Waals surface area (Å²) in [6, 6.07) is 1.88. The van der Waals surface area contributed by atoms with Gasteiger partial charge in [-0.3, -0.25) is 14.2 Å². The number of hydrogen-bond acceptors (Lipinski definition) is 6. The molecule has 1 amide bonds. The molecular weight excluding hydrogens is 433 g/mol. The number of hydrogen-bond donors (Lipinski definition) is 0. The number of alkyl halides is 3. The number of likely N-dealkylation sites (tertiary alicyclic amines) is 1. The van der Waals surface area contributed by atoms with Crippen LogP contribution in [0.15, 0.2) is 28.3 Å². The molecule has 2 aromatic heterocycles. The number of fused-ring (bicyclic) bond motifs is 2. The molecule has 0 radical (unpaired) electrons. The van der Waals surface area contributed by atoms with Crippen LogP contribution in [0, 0.1) is 0 Å². The summed E-state index contributed by atoms with van der Waals surface area (Å²) >= 11 is 1.51. The highest BCUT2D eigenvalue weighted by molar-refractivity contribution is 7.99. The topological polar surface area (TPSA) is 77.3 Å². The average Bonchev–Trinajstić information content (AvgIpc) is 3.31. The van der Waals surface area contributed by atoms with Gasteiger partial charge in [0, 0.05) is 30.0 Å². The summed E-state index contributed by atoms with van der Waals surface area (Å²) in [5.74, 6) is 0.656. The minimum atomic E-state index is -4.44. The maximum atomic E-state index is 12.8. The summed E-state index contributed by atoms with van der Waals surface area (Å²) in [4.78, 5) is 35.4. The summed E-state index contributed by atoms with van der Waals surface area (Å²) in [5, 5.41) is 0.696. The first-order valence-electron chi connectivity index (χ1n) is 10.0. The highest BCUT2D eigenvalue weighted by Gasteiger charge is 2.37. The van der Waals surface area contributed by atoms with E-state index >= 15 is 0 Å². The highest BCUT2D eigenvalue weighted by atomic mass is 32.2. The van der Waals surface area contributed by atoms with E-state index in [1.54, 1.807) is 9.47 Å². The van der Waals surface area contributed by atoms with Gasteiger partial charge in [0.05, 0.1) is 30.4 Å². The van der Waals surface area contributed by atoms with Gasteiger partial charge in [0.15, 0.2) is 5.16 Å². The number of amides is 1. The van der Waals surface area contributed by atoms with Gasteiger partial charge in [-0.2, -0.15) is 13.2 Å². The molecule has 4 heterocycles. The molecule has 0 aromatic carbocycles. The second kappa shape index (κ2) is 7.54. The number of thioether (sulfide) groups is 1. The molecule has 0 saturated carbocycles. The fourth-order valence-electron chi connectivity index (χ4n) is 4.14. The van der Waals surface area contributed by atoms with E-state index in [4.69, 9.17) is 4.74 Å². The zero-order valence-corrected chi connectivity index (χ0v) is 17.2. The van der Waals surface area contributed by atoms with Gasteiger partial charge in [-0.25, -0.2) is 9.97 Å². The fraction of sp³-hybridized carbons (Fsp3) is 0.500. The molecule has 1 saturated heterocycles. The van der Waals surface area contributed by atoms with Gasteiger partial charge in [0.1, 0.15) is 6.10 Å². The molecule has 1 aliphatic carbocycles.